The zero-order valence-electron chi connectivity index (χ0n) is 10.8. The van der Waals surface area contributed by atoms with Crippen molar-refractivity contribution in [2.45, 2.75) is 51.3 Å². The summed E-state index contributed by atoms with van der Waals surface area (Å²) in [6, 6.07) is 6.62. The second-order valence-electron chi connectivity index (χ2n) is 4.45. The number of hydrogen-bond donors (Lipinski definition) is 0. The van der Waals surface area contributed by atoms with E-state index in [1.165, 1.54) is 0 Å². The van der Waals surface area contributed by atoms with Crippen molar-refractivity contribution < 1.29 is 17.9 Å². The molecule has 19 heavy (non-hydrogen) atoms. The zero-order valence-corrected chi connectivity index (χ0v) is 13.0. The molecule has 0 amide bonds. The first-order valence-corrected chi connectivity index (χ1v) is 7.50. The molecule has 0 aliphatic rings. The molecule has 0 radical (unpaired) electrons. The standard InChI is InChI=1S/C14H18F3IO/c1-2-3-4-5-6-13(14(15,16)17)19-12-9-7-11(18)8-10-12/h7-10,13H,2-6H2,1H3. The molecule has 0 aromatic heterocycles. The van der Waals surface area contributed by atoms with Crippen LogP contribution in [-0.4, -0.2) is 12.3 Å². The normalized spacial score (nSPS) is 13.3. The first-order chi connectivity index (χ1) is 8.93. The molecule has 0 spiro atoms. The maximum Gasteiger partial charge on any atom is 0.425 e. The third kappa shape index (κ3) is 6.49. The average Bonchev–Trinajstić information content (AvgIpc) is 2.34. The van der Waals surface area contributed by atoms with Gasteiger partial charge in [0.15, 0.2) is 6.10 Å². The second-order valence-corrected chi connectivity index (χ2v) is 5.70. The van der Waals surface area contributed by atoms with Crippen LogP contribution >= 0.6 is 22.6 Å². The molecule has 1 aromatic rings. The van der Waals surface area contributed by atoms with E-state index in [9.17, 15) is 13.2 Å². The van der Waals surface area contributed by atoms with Gasteiger partial charge in [-0.25, -0.2) is 0 Å². The molecule has 1 atom stereocenters. The molecule has 108 valence electrons. The summed E-state index contributed by atoms with van der Waals surface area (Å²) in [4.78, 5) is 0. The lowest BCUT2D eigenvalue weighted by Gasteiger charge is -2.21. The van der Waals surface area contributed by atoms with Gasteiger partial charge in [-0.15, -0.1) is 0 Å². The minimum atomic E-state index is -4.31. The van der Waals surface area contributed by atoms with Crippen molar-refractivity contribution in [2.75, 3.05) is 0 Å². The number of alkyl halides is 3. The van der Waals surface area contributed by atoms with E-state index in [0.717, 1.165) is 22.8 Å². The van der Waals surface area contributed by atoms with E-state index >= 15 is 0 Å². The lowest BCUT2D eigenvalue weighted by molar-refractivity contribution is -0.197. The number of halogens is 4. The Kier molecular flexibility index (Phi) is 6.96. The molecular weight excluding hydrogens is 368 g/mol. The Balaban J connectivity index is 2.57. The van der Waals surface area contributed by atoms with Crippen molar-refractivity contribution in [2.24, 2.45) is 0 Å². The molecule has 1 nitrogen and oxygen atoms in total. The Morgan fingerprint density at radius 2 is 1.74 bits per heavy atom. The van der Waals surface area contributed by atoms with Gasteiger partial charge >= 0.3 is 6.18 Å². The quantitative estimate of drug-likeness (QED) is 0.440. The molecule has 0 aliphatic carbocycles. The molecule has 1 aromatic carbocycles. The van der Waals surface area contributed by atoms with Crippen LogP contribution in [0.5, 0.6) is 5.75 Å². The summed E-state index contributed by atoms with van der Waals surface area (Å²) in [5, 5.41) is 0. The summed E-state index contributed by atoms with van der Waals surface area (Å²) in [5.41, 5.74) is 0. The van der Waals surface area contributed by atoms with E-state index < -0.39 is 12.3 Å². The Hall–Kier alpha value is -0.460. The molecule has 0 fully saturated rings. The molecule has 0 saturated carbocycles. The molecule has 0 heterocycles. The molecule has 1 unspecified atom stereocenters. The number of ether oxygens (including phenoxy) is 1. The molecular formula is C14H18F3IO. The highest BCUT2D eigenvalue weighted by Crippen LogP contribution is 2.29. The van der Waals surface area contributed by atoms with Gasteiger partial charge in [-0.1, -0.05) is 26.2 Å². The molecule has 0 aliphatic heterocycles. The van der Waals surface area contributed by atoms with E-state index in [4.69, 9.17) is 4.74 Å². The number of hydrogen-bond acceptors (Lipinski definition) is 1. The van der Waals surface area contributed by atoms with Gasteiger partial charge in [0.2, 0.25) is 0 Å². The van der Waals surface area contributed by atoms with E-state index in [2.05, 4.69) is 22.6 Å². The zero-order chi connectivity index (χ0) is 14.3. The van der Waals surface area contributed by atoms with Crippen LogP contribution in [0.4, 0.5) is 13.2 Å². The predicted octanol–water partition coefficient (Wildman–Crippen LogP) is 5.57. The van der Waals surface area contributed by atoms with E-state index in [0.29, 0.717) is 6.42 Å². The van der Waals surface area contributed by atoms with Crippen LogP contribution in [0.15, 0.2) is 24.3 Å². The fourth-order valence-corrected chi connectivity index (χ4v) is 2.08. The Labute approximate surface area is 125 Å². The van der Waals surface area contributed by atoms with Gasteiger partial charge in [0.05, 0.1) is 0 Å². The van der Waals surface area contributed by atoms with Crippen LogP contribution in [0.25, 0.3) is 0 Å². The van der Waals surface area contributed by atoms with Gasteiger partial charge in [0, 0.05) is 3.57 Å². The van der Waals surface area contributed by atoms with Crippen LogP contribution in [0, 0.1) is 3.57 Å². The van der Waals surface area contributed by atoms with Crippen LogP contribution in [0.2, 0.25) is 0 Å². The molecule has 0 bridgehead atoms. The highest BCUT2D eigenvalue weighted by Gasteiger charge is 2.41. The van der Waals surface area contributed by atoms with Gasteiger partial charge in [0.25, 0.3) is 0 Å². The summed E-state index contributed by atoms with van der Waals surface area (Å²) in [6.45, 7) is 2.03. The summed E-state index contributed by atoms with van der Waals surface area (Å²) in [6.07, 6.45) is -2.65. The van der Waals surface area contributed by atoms with E-state index in [1.807, 2.05) is 6.92 Å². The molecule has 5 heteroatoms. The van der Waals surface area contributed by atoms with Crippen molar-refractivity contribution in [3.63, 3.8) is 0 Å². The lowest BCUT2D eigenvalue weighted by atomic mass is 10.1. The van der Waals surface area contributed by atoms with Crippen LogP contribution in [0.3, 0.4) is 0 Å². The third-order valence-corrected chi connectivity index (χ3v) is 3.50. The highest BCUT2D eigenvalue weighted by molar-refractivity contribution is 14.1. The van der Waals surface area contributed by atoms with Gasteiger partial charge < -0.3 is 4.74 Å². The van der Waals surface area contributed by atoms with Crippen LogP contribution in [-0.2, 0) is 0 Å². The van der Waals surface area contributed by atoms with Crippen molar-refractivity contribution >= 4 is 22.6 Å². The summed E-state index contributed by atoms with van der Waals surface area (Å²) in [7, 11) is 0. The first-order valence-electron chi connectivity index (χ1n) is 6.42. The second kappa shape index (κ2) is 7.97. The van der Waals surface area contributed by atoms with Gasteiger partial charge in [-0.05, 0) is 59.7 Å². The average molecular weight is 386 g/mol. The largest absolute Gasteiger partial charge is 0.481 e. The van der Waals surface area contributed by atoms with Crippen LogP contribution in [0.1, 0.15) is 39.0 Å². The van der Waals surface area contributed by atoms with Gasteiger partial charge in [0.1, 0.15) is 5.75 Å². The minimum Gasteiger partial charge on any atom is -0.481 e. The summed E-state index contributed by atoms with van der Waals surface area (Å²) >= 11 is 2.10. The SMILES string of the molecule is CCCCCCC(Oc1ccc(I)cc1)C(F)(F)F. The molecule has 1 rings (SSSR count). The fourth-order valence-electron chi connectivity index (χ4n) is 1.72. The smallest absolute Gasteiger partial charge is 0.425 e. The number of benzene rings is 1. The van der Waals surface area contributed by atoms with Crippen molar-refractivity contribution in [1.29, 1.82) is 0 Å². The maximum absolute atomic E-state index is 12.9. The molecule has 0 saturated heterocycles. The summed E-state index contributed by atoms with van der Waals surface area (Å²) in [5.74, 6) is 0.276. The van der Waals surface area contributed by atoms with E-state index in [1.54, 1.807) is 24.3 Å². The van der Waals surface area contributed by atoms with Gasteiger partial charge in [-0.3, -0.25) is 0 Å². The predicted molar refractivity (Wildman–Crippen MR) is 78.4 cm³/mol. The maximum atomic E-state index is 12.9. The fraction of sp³-hybridized carbons (Fsp3) is 0.571. The van der Waals surface area contributed by atoms with Crippen molar-refractivity contribution in [3.8, 4) is 5.75 Å². The Bertz CT molecular complexity index is 362. The third-order valence-electron chi connectivity index (χ3n) is 2.78. The van der Waals surface area contributed by atoms with Crippen molar-refractivity contribution in [1.82, 2.24) is 0 Å². The topological polar surface area (TPSA) is 9.23 Å². The molecule has 0 N–H and O–H groups in total. The first kappa shape index (κ1) is 16.6. The number of unbranched alkanes of at least 4 members (excludes halogenated alkanes) is 3. The van der Waals surface area contributed by atoms with Gasteiger partial charge in [-0.2, -0.15) is 13.2 Å². The van der Waals surface area contributed by atoms with E-state index in [-0.39, 0.29) is 12.2 Å². The Morgan fingerprint density at radius 3 is 2.26 bits per heavy atom. The monoisotopic (exact) mass is 386 g/mol. The lowest BCUT2D eigenvalue weighted by Crippen LogP contribution is -2.34. The number of rotatable bonds is 7. The summed E-state index contributed by atoms with van der Waals surface area (Å²) < 4.78 is 44.7. The highest BCUT2D eigenvalue weighted by atomic mass is 127. The Morgan fingerprint density at radius 1 is 1.11 bits per heavy atom. The van der Waals surface area contributed by atoms with Crippen LogP contribution < -0.4 is 4.74 Å². The van der Waals surface area contributed by atoms with Crippen molar-refractivity contribution in [3.05, 3.63) is 27.8 Å². The minimum absolute atomic E-state index is 0.0233.